The van der Waals surface area contributed by atoms with Crippen LogP contribution in [0, 0.1) is 0 Å². The molecule has 4 nitrogen and oxygen atoms in total. The summed E-state index contributed by atoms with van der Waals surface area (Å²) in [7, 11) is 0. The molecule has 128 valence electrons. The molecule has 0 spiro atoms. The van der Waals surface area contributed by atoms with E-state index in [0.29, 0.717) is 16.6 Å². The number of benzene rings is 2. The zero-order valence-electron chi connectivity index (χ0n) is 13.0. The van der Waals surface area contributed by atoms with Crippen LogP contribution in [0.4, 0.5) is 0 Å². The van der Waals surface area contributed by atoms with Crippen molar-refractivity contribution in [1.29, 1.82) is 0 Å². The van der Waals surface area contributed by atoms with Gasteiger partial charge in [-0.3, -0.25) is 9.36 Å². The van der Waals surface area contributed by atoms with Crippen molar-refractivity contribution in [2.45, 2.75) is 13.2 Å². The number of ether oxygens (including phenoxy) is 1. The predicted octanol–water partition coefficient (Wildman–Crippen LogP) is 4.94. The van der Waals surface area contributed by atoms with Gasteiger partial charge < -0.3 is 4.74 Å². The smallest absolute Gasteiger partial charge is 0.271 e. The van der Waals surface area contributed by atoms with Gasteiger partial charge in [-0.15, -0.1) is 0 Å². The van der Waals surface area contributed by atoms with Crippen molar-refractivity contribution in [3.63, 3.8) is 0 Å². The molecular weight excluding hydrogens is 427 g/mol. The van der Waals surface area contributed by atoms with Crippen LogP contribution >= 0.6 is 39.1 Å². The van der Waals surface area contributed by atoms with Crippen LogP contribution in [0.3, 0.4) is 0 Å². The van der Waals surface area contributed by atoms with Gasteiger partial charge in [-0.2, -0.15) is 0 Å². The largest absolute Gasteiger partial charge is 0.472 e. The van der Waals surface area contributed by atoms with Crippen molar-refractivity contribution < 1.29 is 4.74 Å². The van der Waals surface area contributed by atoms with Gasteiger partial charge in [-0.25, -0.2) is 4.98 Å². The van der Waals surface area contributed by atoms with Gasteiger partial charge in [0.25, 0.3) is 5.56 Å². The van der Waals surface area contributed by atoms with Crippen molar-refractivity contribution in [3.8, 4) is 5.88 Å². The van der Waals surface area contributed by atoms with E-state index in [2.05, 4.69) is 20.9 Å². The van der Waals surface area contributed by atoms with Gasteiger partial charge in [-0.05, 0) is 33.6 Å². The van der Waals surface area contributed by atoms with Gasteiger partial charge in [-0.1, -0.05) is 59.6 Å². The monoisotopic (exact) mass is 438 g/mol. The van der Waals surface area contributed by atoms with E-state index >= 15 is 0 Å². The molecule has 0 bridgehead atoms. The Balaban J connectivity index is 1.77. The molecule has 25 heavy (non-hydrogen) atoms. The maximum atomic E-state index is 12.5. The maximum Gasteiger partial charge on any atom is 0.271 e. The van der Waals surface area contributed by atoms with Gasteiger partial charge in [0.15, 0.2) is 0 Å². The van der Waals surface area contributed by atoms with Crippen molar-refractivity contribution in [3.05, 3.63) is 90.9 Å². The van der Waals surface area contributed by atoms with Gasteiger partial charge in [0, 0.05) is 15.6 Å². The highest BCUT2D eigenvalue weighted by Crippen LogP contribution is 2.24. The molecule has 0 amide bonds. The zero-order chi connectivity index (χ0) is 17.8. The van der Waals surface area contributed by atoms with Crippen LogP contribution in [0.1, 0.15) is 11.1 Å². The second kappa shape index (κ2) is 8.04. The Hall–Kier alpha value is -1.82. The van der Waals surface area contributed by atoms with E-state index in [1.165, 1.54) is 10.9 Å². The summed E-state index contributed by atoms with van der Waals surface area (Å²) in [4.78, 5) is 16.7. The first-order valence-electron chi connectivity index (χ1n) is 7.40. The molecule has 3 rings (SSSR count). The van der Waals surface area contributed by atoms with E-state index in [0.717, 1.165) is 11.1 Å². The van der Waals surface area contributed by atoms with E-state index in [1.54, 1.807) is 18.2 Å². The van der Waals surface area contributed by atoms with E-state index < -0.39 is 0 Å². The summed E-state index contributed by atoms with van der Waals surface area (Å²) in [5, 5.41) is 1.05. The lowest BCUT2D eigenvalue weighted by molar-refractivity contribution is 0.289. The number of hydrogen-bond acceptors (Lipinski definition) is 3. The Morgan fingerprint density at radius 2 is 1.88 bits per heavy atom. The second-order valence-corrected chi connectivity index (χ2v) is 6.94. The van der Waals surface area contributed by atoms with Gasteiger partial charge in [0.1, 0.15) is 17.4 Å². The van der Waals surface area contributed by atoms with Crippen LogP contribution in [-0.4, -0.2) is 9.55 Å². The van der Waals surface area contributed by atoms with Crippen molar-refractivity contribution in [2.24, 2.45) is 0 Å². The molecule has 7 heteroatoms. The molecule has 0 radical (unpaired) electrons. The van der Waals surface area contributed by atoms with E-state index in [4.69, 9.17) is 27.9 Å². The molecule has 0 saturated carbocycles. The standard InChI is InChI=1S/C18H13BrCl2N2O2/c19-16-17(25-10-13-6-7-14(20)8-15(13)21)22-11-23(18(16)24)9-12-4-2-1-3-5-12/h1-8,11H,9-10H2. The van der Waals surface area contributed by atoms with E-state index in [-0.39, 0.29) is 22.5 Å². The quantitative estimate of drug-likeness (QED) is 0.565. The summed E-state index contributed by atoms with van der Waals surface area (Å²) >= 11 is 15.3. The molecule has 1 aromatic heterocycles. The maximum absolute atomic E-state index is 12.5. The normalized spacial score (nSPS) is 10.7. The number of aromatic nitrogens is 2. The Kier molecular flexibility index (Phi) is 5.78. The second-order valence-electron chi connectivity index (χ2n) is 5.31. The molecule has 3 aromatic rings. The van der Waals surface area contributed by atoms with Crippen LogP contribution in [-0.2, 0) is 13.2 Å². The average Bonchev–Trinajstić information content (AvgIpc) is 2.61. The Labute approximate surface area is 163 Å². The molecule has 0 unspecified atom stereocenters. The fourth-order valence-corrected chi connectivity index (χ4v) is 3.13. The predicted molar refractivity (Wildman–Crippen MR) is 103 cm³/mol. The summed E-state index contributed by atoms with van der Waals surface area (Å²) in [5.41, 5.74) is 1.56. The van der Waals surface area contributed by atoms with Gasteiger partial charge in [0.2, 0.25) is 5.88 Å². The fraction of sp³-hybridized carbons (Fsp3) is 0.111. The first kappa shape index (κ1) is 18.0. The van der Waals surface area contributed by atoms with Crippen molar-refractivity contribution in [1.82, 2.24) is 9.55 Å². The minimum absolute atomic E-state index is 0.184. The highest BCUT2D eigenvalue weighted by atomic mass is 79.9. The molecule has 0 fully saturated rings. The Bertz CT molecular complexity index is 946. The summed E-state index contributed by atoms with van der Waals surface area (Å²) in [6.45, 7) is 0.623. The first-order chi connectivity index (χ1) is 12.0. The molecule has 0 atom stereocenters. The lowest BCUT2D eigenvalue weighted by atomic mass is 10.2. The molecular formula is C18H13BrCl2N2O2. The van der Waals surface area contributed by atoms with Crippen LogP contribution in [0.2, 0.25) is 10.0 Å². The molecule has 2 aromatic carbocycles. The third-order valence-electron chi connectivity index (χ3n) is 3.53. The average molecular weight is 440 g/mol. The number of rotatable bonds is 5. The third kappa shape index (κ3) is 4.42. The number of halogens is 3. The Morgan fingerprint density at radius 3 is 2.60 bits per heavy atom. The number of nitrogens with zero attached hydrogens (tertiary/aromatic N) is 2. The highest BCUT2D eigenvalue weighted by Gasteiger charge is 2.12. The minimum atomic E-state index is -0.212. The molecule has 0 N–H and O–H groups in total. The fourth-order valence-electron chi connectivity index (χ4n) is 2.23. The molecule has 0 aliphatic rings. The summed E-state index contributed by atoms with van der Waals surface area (Å²) < 4.78 is 7.42. The van der Waals surface area contributed by atoms with Crippen molar-refractivity contribution >= 4 is 39.1 Å². The topological polar surface area (TPSA) is 44.1 Å². The zero-order valence-corrected chi connectivity index (χ0v) is 16.1. The van der Waals surface area contributed by atoms with Crippen LogP contribution < -0.4 is 10.3 Å². The van der Waals surface area contributed by atoms with E-state index in [1.807, 2.05) is 30.3 Å². The molecule has 0 aliphatic carbocycles. The van der Waals surface area contributed by atoms with Crippen molar-refractivity contribution in [2.75, 3.05) is 0 Å². The van der Waals surface area contributed by atoms with E-state index in [9.17, 15) is 4.79 Å². The first-order valence-corrected chi connectivity index (χ1v) is 8.95. The molecule has 0 aliphatic heterocycles. The lowest BCUT2D eigenvalue weighted by Crippen LogP contribution is -2.22. The van der Waals surface area contributed by atoms with Crippen LogP contribution in [0.15, 0.2) is 64.1 Å². The third-order valence-corrected chi connectivity index (χ3v) is 4.79. The molecule has 0 saturated heterocycles. The van der Waals surface area contributed by atoms with Gasteiger partial charge in [0.05, 0.1) is 6.54 Å². The minimum Gasteiger partial charge on any atom is -0.472 e. The van der Waals surface area contributed by atoms with Crippen LogP contribution in [0.5, 0.6) is 5.88 Å². The number of hydrogen-bond donors (Lipinski definition) is 0. The van der Waals surface area contributed by atoms with Gasteiger partial charge >= 0.3 is 0 Å². The van der Waals surface area contributed by atoms with Crippen LogP contribution in [0.25, 0.3) is 0 Å². The summed E-state index contributed by atoms with van der Waals surface area (Å²) in [6.07, 6.45) is 1.47. The Morgan fingerprint density at radius 1 is 1.12 bits per heavy atom. The summed E-state index contributed by atoms with van der Waals surface area (Å²) in [6, 6.07) is 14.8. The molecule has 1 heterocycles. The summed E-state index contributed by atoms with van der Waals surface area (Å²) in [5.74, 6) is 0.223. The lowest BCUT2D eigenvalue weighted by Gasteiger charge is -2.11. The highest BCUT2D eigenvalue weighted by molar-refractivity contribution is 9.10. The SMILES string of the molecule is O=c1c(Br)c(OCc2ccc(Cl)cc2Cl)ncn1Cc1ccccc1.